The minimum atomic E-state index is -1.89. The van der Waals surface area contributed by atoms with Crippen molar-refractivity contribution in [2.75, 3.05) is 6.61 Å². The molecule has 8 atom stereocenters. The largest absolute Gasteiger partial charge is 0.459 e. The van der Waals surface area contributed by atoms with Crippen LogP contribution >= 0.6 is 0 Å². The molecule has 232 valence electrons. The number of hydrogen-bond donors (Lipinski definition) is 4. The molecule has 0 heterocycles. The number of rotatable bonds is 14. The molecule has 0 aromatic carbocycles. The molecule has 4 aliphatic rings. The van der Waals surface area contributed by atoms with E-state index in [0.29, 0.717) is 11.1 Å². The minimum absolute atomic E-state index is 0.0821. The summed E-state index contributed by atoms with van der Waals surface area (Å²) in [5, 5.41) is 46.3. The molecule has 0 bridgehead atoms. The lowest BCUT2D eigenvalue weighted by Gasteiger charge is -2.52. The number of aliphatic hydroxyl groups is 4. The summed E-state index contributed by atoms with van der Waals surface area (Å²) < 4.78 is 6.03. The van der Waals surface area contributed by atoms with Crippen LogP contribution in [-0.2, 0) is 14.3 Å². The predicted molar refractivity (Wildman–Crippen MR) is 158 cm³/mol. The van der Waals surface area contributed by atoms with E-state index in [1.54, 1.807) is 26.0 Å². The maximum atomic E-state index is 13.2. The molecule has 0 aromatic rings. The van der Waals surface area contributed by atoms with E-state index in [2.05, 4.69) is 6.92 Å². The fraction of sp³-hybridized carbons (Fsp3) is 0.824. The Hall–Kier alpha value is -1.54. The first-order valence-electron chi connectivity index (χ1n) is 16.2. The van der Waals surface area contributed by atoms with Crippen molar-refractivity contribution in [1.82, 2.24) is 0 Å². The fourth-order valence-corrected chi connectivity index (χ4v) is 8.74. The Balaban J connectivity index is 1.42. The SMILES string of the molecule is CCCCCCCCCCCCCC(=O)O[C@@H]1[C@@H](C)[C@@]2(O)[C@@H](C=C(CO)C[C@]3(O)C(=O)C(C)=C[C@@H]23)[C@@H]2C(C)(C)[C@]12O. The van der Waals surface area contributed by atoms with Crippen LogP contribution in [0.3, 0.4) is 0 Å². The Labute approximate surface area is 246 Å². The number of hydrogen-bond acceptors (Lipinski definition) is 7. The number of esters is 1. The molecule has 0 radical (unpaired) electrons. The molecule has 4 aliphatic carbocycles. The van der Waals surface area contributed by atoms with E-state index in [-0.39, 0.29) is 25.4 Å². The van der Waals surface area contributed by atoms with Crippen molar-refractivity contribution in [2.24, 2.45) is 29.1 Å². The molecule has 0 unspecified atom stereocenters. The number of fused-ring (bicyclic) bond motifs is 5. The summed E-state index contributed by atoms with van der Waals surface area (Å²) in [6.45, 7) is 9.07. The molecule has 2 fully saturated rings. The smallest absolute Gasteiger partial charge is 0.306 e. The summed E-state index contributed by atoms with van der Waals surface area (Å²) in [6.07, 6.45) is 15.6. The topological polar surface area (TPSA) is 124 Å². The number of aliphatic hydroxyl groups excluding tert-OH is 1. The molecule has 7 heteroatoms. The van der Waals surface area contributed by atoms with Crippen molar-refractivity contribution in [2.45, 2.75) is 141 Å². The van der Waals surface area contributed by atoms with Gasteiger partial charge in [-0.15, -0.1) is 0 Å². The Morgan fingerprint density at radius 1 is 0.951 bits per heavy atom. The molecular formula is C34H54O7. The zero-order valence-electron chi connectivity index (χ0n) is 26.0. The van der Waals surface area contributed by atoms with Gasteiger partial charge in [0.05, 0.1) is 12.2 Å². The van der Waals surface area contributed by atoms with Crippen molar-refractivity contribution in [3.05, 3.63) is 23.3 Å². The van der Waals surface area contributed by atoms with Crippen molar-refractivity contribution in [1.29, 1.82) is 0 Å². The number of ether oxygens (including phenoxy) is 1. The van der Waals surface area contributed by atoms with E-state index in [4.69, 9.17) is 4.74 Å². The van der Waals surface area contributed by atoms with Gasteiger partial charge in [-0.1, -0.05) is 104 Å². The van der Waals surface area contributed by atoms with Crippen LogP contribution < -0.4 is 0 Å². The third kappa shape index (κ3) is 5.38. The summed E-state index contributed by atoms with van der Waals surface area (Å²) in [5.41, 5.74) is -4.76. The molecule has 41 heavy (non-hydrogen) atoms. The minimum Gasteiger partial charge on any atom is -0.459 e. The highest BCUT2D eigenvalue weighted by Gasteiger charge is 2.85. The zero-order chi connectivity index (χ0) is 30.2. The van der Waals surface area contributed by atoms with Crippen molar-refractivity contribution in [3.63, 3.8) is 0 Å². The van der Waals surface area contributed by atoms with E-state index in [0.717, 1.165) is 19.3 Å². The highest BCUT2D eigenvalue weighted by molar-refractivity contribution is 6.04. The summed E-state index contributed by atoms with van der Waals surface area (Å²) >= 11 is 0. The summed E-state index contributed by atoms with van der Waals surface area (Å²) in [6, 6.07) is 0. The molecular weight excluding hydrogens is 520 g/mol. The zero-order valence-corrected chi connectivity index (χ0v) is 26.0. The first-order valence-corrected chi connectivity index (χ1v) is 16.2. The third-order valence-electron chi connectivity index (χ3n) is 11.2. The summed E-state index contributed by atoms with van der Waals surface area (Å²) in [7, 11) is 0. The van der Waals surface area contributed by atoms with Crippen LogP contribution in [0.25, 0.3) is 0 Å². The van der Waals surface area contributed by atoms with Gasteiger partial charge in [0.15, 0.2) is 5.78 Å². The second-order valence-electron chi connectivity index (χ2n) is 14.2. The third-order valence-corrected chi connectivity index (χ3v) is 11.2. The molecule has 4 N–H and O–H groups in total. The van der Waals surface area contributed by atoms with Crippen LogP contribution in [0, 0.1) is 29.1 Å². The van der Waals surface area contributed by atoms with Crippen LogP contribution in [-0.4, -0.2) is 61.7 Å². The van der Waals surface area contributed by atoms with Gasteiger partial charge < -0.3 is 25.2 Å². The number of Topliss-reactive ketones (excluding diaryl/α,β-unsaturated/α-hetero) is 1. The van der Waals surface area contributed by atoms with Gasteiger partial charge in [0.2, 0.25) is 0 Å². The van der Waals surface area contributed by atoms with Gasteiger partial charge in [0, 0.05) is 41.9 Å². The molecule has 0 aromatic heterocycles. The fourth-order valence-electron chi connectivity index (χ4n) is 8.74. The number of carbonyl (C=O) groups excluding carboxylic acids is 2. The van der Waals surface area contributed by atoms with Gasteiger partial charge in [-0.3, -0.25) is 9.59 Å². The maximum Gasteiger partial charge on any atom is 0.306 e. The van der Waals surface area contributed by atoms with Gasteiger partial charge in [0.1, 0.15) is 17.3 Å². The Bertz CT molecular complexity index is 1050. The second-order valence-corrected chi connectivity index (χ2v) is 14.2. The second kappa shape index (κ2) is 12.2. The van der Waals surface area contributed by atoms with E-state index in [9.17, 15) is 30.0 Å². The normalized spacial score (nSPS) is 38.8. The lowest BCUT2D eigenvalue weighted by atomic mass is 9.59. The highest BCUT2D eigenvalue weighted by atomic mass is 16.6. The van der Waals surface area contributed by atoms with Crippen LogP contribution in [0.5, 0.6) is 0 Å². The van der Waals surface area contributed by atoms with E-state index in [1.165, 1.54) is 51.4 Å². The van der Waals surface area contributed by atoms with Gasteiger partial charge in [0.25, 0.3) is 0 Å². The molecule has 0 saturated heterocycles. The van der Waals surface area contributed by atoms with Crippen LogP contribution in [0.4, 0.5) is 0 Å². The quantitative estimate of drug-likeness (QED) is 0.128. The first-order chi connectivity index (χ1) is 19.3. The number of unbranched alkanes of at least 4 members (excludes halogenated alkanes) is 10. The highest BCUT2D eigenvalue weighted by Crippen LogP contribution is 2.75. The van der Waals surface area contributed by atoms with Crippen molar-refractivity contribution < 1.29 is 34.8 Å². The molecule has 0 aliphatic heterocycles. The molecule has 0 spiro atoms. The van der Waals surface area contributed by atoms with E-state index in [1.807, 2.05) is 13.8 Å². The van der Waals surface area contributed by atoms with E-state index < -0.39 is 57.8 Å². The Kier molecular flexibility index (Phi) is 9.65. The monoisotopic (exact) mass is 574 g/mol. The number of ketones is 1. The average Bonchev–Trinajstić information content (AvgIpc) is 3.32. The predicted octanol–water partition coefficient (Wildman–Crippen LogP) is 5.18. The van der Waals surface area contributed by atoms with E-state index >= 15 is 0 Å². The van der Waals surface area contributed by atoms with Crippen molar-refractivity contribution >= 4 is 11.8 Å². The van der Waals surface area contributed by atoms with Crippen LogP contribution in [0.15, 0.2) is 23.3 Å². The van der Waals surface area contributed by atoms with Crippen LogP contribution in [0.1, 0.15) is 118 Å². The lowest BCUT2D eigenvalue weighted by Crippen LogP contribution is -2.65. The van der Waals surface area contributed by atoms with Gasteiger partial charge in [-0.2, -0.15) is 0 Å². The first kappa shape index (κ1) is 32.4. The van der Waals surface area contributed by atoms with Crippen molar-refractivity contribution in [3.8, 4) is 0 Å². The molecule has 0 amide bonds. The Morgan fingerprint density at radius 2 is 1.51 bits per heavy atom. The molecule has 7 nitrogen and oxygen atoms in total. The average molecular weight is 575 g/mol. The number of carbonyl (C=O) groups is 2. The van der Waals surface area contributed by atoms with Gasteiger partial charge in [-0.05, 0) is 24.5 Å². The summed E-state index contributed by atoms with van der Waals surface area (Å²) in [4.78, 5) is 26.2. The standard InChI is InChI=1S/C34H54O7/c1-6-7-8-9-10-11-12-13-14-15-16-17-27(36)41-30-23(3)33(39)25(28-31(4,5)34(28,30)40)19-24(21-35)20-32(38)26(33)18-22(2)29(32)37/h18-19,23,25-26,28,30,35,38-40H,6-17,20-21H2,1-5H3/t23-,25+,26-,28-,30-,32-,33-,34-/m1/s1. The van der Waals surface area contributed by atoms with Crippen LogP contribution in [0.2, 0.25) is 0 Å². The Morgan fingerprint density at radius 3 is 2.07 bits per heavy atom. The van der Waals surface area contributed by atoms with Gasteiger partial charge in [-0.25, -0.2) is 0 Å². The maximum absolute atomic E-state index is 13.2. The summed E-state index contributed by atoms with van der Waals surface area (Å²) in [5.74, 6) is -3.66. The lowest BCUT2D eigenvalue weighted by molar-refractivity contribution is -0.221. The van der Waals surface area contributed by atoms with Gasteiger partial charge >= 0.3 is 5.97 Å². The molecule has 4 rings (SSSR count). The molecule has 2 saturated carbocycles.